The average Bonchev–Trinajstić information content (AvgIpc) is 2.75. The number of nitrogens with zero attached hydrogens (tertiary/aromatic N) is 1. The van der Waals surface area contributed by atoms with Crippen molar-refractivity contribution in [2.45, 2.75) is 24.9 Å². The summed E-state index contributed by atoms with van der Waals surface area (Å²) in [6, 6.07) is 18.3. The summed E-state index contributed by atoms with van der Waals surface area (Å²) in [4.78, 5) is 13.7. The van der Waals surface area contributed by atoms with Crippen LogP contribution in [0.15, 0.2) is 77.7 Å². The van der Waals surface area contributed by atoms with Crippen LogP contribution in [0.3, 0.4) is 0 Å². The van der Waals surface area contributed by atoms with Crippen LogP contribution in [0.25, 0.3) is 0 Å². The van der Waals surface area contributed by atoms with Crippen molar-refractivity contribution in [1.82, 2.24) is 4.90 Å². The van der Waals surface area contributed by atoms with Crippen LogP contribution in [0.5, 0.6) is 11.5 Å². The molecule has 0 N–H and O–H groups in total. The maximum Gasteiger partial charge on any atom is 0.339 e. The molecule has 31 heavy (non-hydrogen) atoms. The number of hydrogen-bond acceptors (Lipinski definition) is 5. The van der Waals surface area contributed by atoms with Crippen molar-refractivity contribution in [3.8, 4) is 11.5 Å². The number of ether oxygens (including phenoxy) is 1. The molecule has 8 heteroatoms. The molecule has 0 fully saturated rings. The molecule has 0 heterocycles. The molecule has 0 radical (unpaired) electrons. The van der Waals surface area contributed by atoms with Gasteiger partial charge in [0, 0.05) is 25.6 Å². The first-order valence-corrected chi connectivity index (χ1v) is 10.9. The maximum atomic E-state index is 13.2. The largest absolute Gasteiger partial charge is 0.497 e. The Hall–Kier alpha value is -3.39. The summed E-state index contributed by atoms with van der Waals surface area (Å²) >= 11 is 0. The van der Waals surface area contributed by atoms with E-state index >= 15 is 0 Å². The molecule has 0 aliphatic rings. The van der Waals surface area contributed by atoms with Crippen molar-refractivity contribution in [3.05, 3.63) is 89.7 Å². The standard InChI is InChI=1S/C23H22FNO5S/c1-17(26)25(15-18-7-9-20(24)10-8-18)16-19-5-3-4-6-23(19)30-31(27,28)22-13-11-21(29-2)12-14-22/h3-14H,15-16H2,1-2H3. The van der Waals surface area contributed by atoms with Gasteiger partial charge in [-0.3, -0.25) is 4.79 Å². The van der Waals surface area contributed by atoms with E-state index in [-0.39, 0.29) is 35.5 Å². The van der Waals surface area contributed by atoms with Crippen LogP contribution in [0.2, 0.25) is 0 Å². The summed E-state index contributed by atoms with van der Waals surface area (Å²) in [6.07, 6.45) is 0. The lowest BCUT2D eigenvalue weighted by molar-refractivity contribution is -0.130. The normalized spacial score (nSPS) is 11.1. The number of methoxy groups -OCH3 is 1. The van der Waals surface area contributed by atoms with Gasteiger partial charge in [-0.1, -0.05) is 30.3 Å². The molecular formula is C23H22FNO5S. The third-order valence-electron chi connectivity index (χ3n) is 4.61. The van der Waals surface area contributed by atoms with Crippen molar-refractivity contribution in [2.75, 3.05) is 7.11 Å². The molecule has 0 spiro atoms. The zero-order chi connectivity index (χ0) is 22.4. The SMILES string of the molecule is COc1ccc(S(=O)(=O)Oc2ccccc2CN(Cc2ccc(F)cc2)C(C)=O)cc1. The monoisotopic (exact) mass is 443 g/mol. The Labute approximate surface area is 181 Å². The van der Waals surface area contributed by atoms with Crippen LogP contribution in [-0.2, 0) is 28.0 Å². The minimum Gasteiger partial charge on any atom is -0.497 e. The van der Waals surface area contributed by atoms with E-state index in [1.165, 1.54) is 61.4 Å². The fourth-order valence-electron chi connectivity index (χ4n) is 2.92. The summed E-state index contributed by atoms with van der Waals surface area (Å²) in [5.74, 6) is 0.0821. The highest BCUT2D eigenvalue weighted by Crippen LogP contribution is 2.26. The zero-order valence-corrected chi connectivity index (χ0v) is 17.9. The van der Waals surface area contributed by atoms with Crippen molar-refractivity contribution in [2.24, 2.45) is 0 Å². The van der Waals surface area contributed by atoms with Gasteiger partial charge >= 0.3 is 10.1 Å². The van der Waals surface area contributed by atoms with Crippen LogP contribution in [0.1, 0.15) is 18.1 Å². The van der Waals surface area contributed by atoms with Crippen LogP contribution in [0.4, 0.5) is 4.39 Å². The molecule has 0 saturated heterocycles. The maximum absolute atomic E-state index is 13.2. The van der Waals surface area contributed by atoms with Crippen molar-refractivity contribution in [1.29, 1.82) is 0 Å². The highest BCUT2D eigenvalue weighted by atomic mass is 32.2. The number of para-hydroxylation sites is 1. The minimum absolute atomic E-state index is 0.0159. The molecule has 0 unspecified atom stereocenters. The molecule has 0 aromatic heterocycles. The predicted octanol–water partition coefficient (Wildman–Crippen LogP) is 4.15. The van der Waals surface area contributed by atoms with E-state index in [2.05, 4.69) is 0 Å². The molecule has 6 nitrogen and oxygen atoms in total. The smallest absolute Gasteiger partial charge is 0.339 e. The quantitative estimate of drug-likeness (QED) is 0.489. The molecule has 0 atom stereocenters. The van der Waals surface area contributed by atoms with Crippen molar-refractivity contribution >= 4 is 16.0 Å². The van der Waals surface area contributed by atoms with Gasteiger partial charge in [-0.15, -0.1) is 0 Å². The van der Waals surface area contributed by atoms with Gasteiger partial charge in [0.25, 0.3) is 0 Å². The van der Waals surface area contributed by atoms with Gasteiger partial charge in [0.15, 0.2) is 0 Å². The van der Waals surface area contributed by atoms with E-state index in [1.54, 1.807) is 30.3 Å². The second kappa shape index (κ2) is 9.61. The number of amides is 1. The summed E-state index contributed by atoms with van der Waals surface area (Å²) in [7, 11) is -2.59. The van der Waals surface area contributed by atoms with E-state index in [4.69, 9.17) is 8.92 Å². The number of halogens is 1. The number of benzene rings is 3. The molecular weight excluding hydrogens is 421 g/mol. The third kappa shape index (κ3) is 5.82. The first-order chi connectivity index (χ1) is 14.8. The fourth-order valence-corrected chi connectivity index (χ4v) is 3.88. The Balaban J connectivity index is 1.82. The first kappa shape index (κ1) is 22.3. The van der Waals surface area contributed by atoms with Crippen LogP contribution >= 0.6 is 0 Å². The van der Waals surface area contributed by atoms with Crippen molar-refractivity contribution in [3.63, 3.8) is 0 Å². The lowest BCUT2D eigenvalue weighted by Gasteiger charge is -2.22. The number of carbonyl (C=O) groups excluding carboxylic acids is 1. The van der Waals surface area contributed by atoms with Gasteiger partial charge in [0.1, 0.15) is 22.2 Å². The summed E-state index contributed by atoms with van der Waals surface area (Å²) in [6.45, 7) is 1.79. The highest BCUT2D eigenvalue weighted by molar-refractivity contribution is 7.87. The number of hydrogen-bond donors (Lipinski definition) is 0. The van der Waals surface area contributed by atoms with E-state index in [9.17, 15) is 17.6 Å². The van der Waals surface area contributed by atoms with Gasteiger partial charge in [0.2, 0.25) is 5.91 Å². The van der Waals surface area contributed by atoms with Gasteiger partial charge in [-0.05, 0) is 48.0 Å². The Kier molecular flexibility index (Phi) is 6.91. The zero-order valence-electron chi connectivity index (χ0n) is 17.1. The van der Waals surface area contributed by atoms with E-state index < -0.39 is 10.1 Å². The summed E-state index contributed by atoms with van der Waals surface area (Å²) < 4.78 is 49.0. The van der Waals surface area contributed by atoms with Crippen molar-refractivity contribution < 1.29 is 26.5 Å². The molecule has 1 amide bonds. The third-order valence-corrected chi connectivity index (χ3v) is 5.86. The molecule has 3 aromatic rings. The second-order valence-electron chi connectivity index (χ2n) is 6.82. The predicted molar refractivity (Wildman–Crippen MR) is 114 cm³/mol. The fraction of sp³-hybridized carbons (Fsp3) is 0.174. The summed E-state index contributed by atoms with van der Waals surface area (Å²) in [5, 5.41) is 0. The molecule has 0 bridgehead atoms. The van der Waals surface area contributed by atoms with Crippen LogP contribution in [0, 0.1) is 5.82 Å². The topological polar surface area (TPSA) is 72.9 Å². The van der Waals surface area contributed by atoms with Gasteiger partial charge in [0.05, 0.1) is 7.11 Å². The Morgan fingerprint density at radius 2 is 1.58 bits per heavy atom. The average molecular weight is 443 g/mol. The lowest BCUT2D eigenvalue weighted by atomic mass is 10.1. The summed E-state index contributed by atoms with van der Waals surface area (Å²) in [5.41, 5.74) is 1.28. The van der Waals surface area contributed by atoms with Crippen LogP contribution < -0.4 is 8.92 Å². The van der Waals surface area contributed by atoms with E-state index in [0.717, 1.165) is 5.56 Å². The van der Waals surface area contributed by atoms with Gasteiger partial charge < -0.3 is 13.8 Å². The van der Waals surface area contributed by atoms with Gasteiger partial charge in [-0.2, -0.15) is 8.42 Å². The molecule has 0 saturated carbocycles. The highest BCUT2D eigenvalue weighted by Gasteiger charge is 2.20. The van der Waals surface area contributed by atoms with E-state index in [1.807, 2.05) is 0 Å². The molecule has 0 aliphatic heterocycles. The second-order valence-corrected chi connectivity index (χ2v) is 8.37. The van der Waals surface area contributed by atoms with Crippen LogP contribution in [-0.4, -0.2) is 26.3 Å². The number of rotatable bonds is 8. The molecule has 162 valence electrons. The first-order valence-electron chi connectivity index (χ1n) is 9.45. The Morgan fingerprint density at radius 1 is 0.935 bits per heavy atom. The molecule has 3 rings (SSSR count). The molecule has 0 aliphatic carbocycles. The lowest BCUT2D eigenvalue weighted by Crippen LogP contribution is -2.28. The van der Waals surface area contributed by atoms with E-state index in [0.29, 0.717) is 11.3 Å². The Bertz CT molecular complexity index is 1150. The van der Waals surface area contributed by atoms with Gasteiger partial charge in [-0.25, -0.2) is 4.39 Å². The Morgan fingerprint density at radius 3 is 2.19 bits per heavy atom. The minimum atomic E-state index is -4.08. The molecule has 3 aromatic carbocycles. The number of carbonyl (C=O) groups is 1.